The summed E-state index contributed by atoms with van der Waals surface area (Å²) in [4.78, 5) is 0. The molecule has 0 radical (unpaired) electrons. The Morgan fingerprint density at radius 1 is 0.957 bits per heavy atom. The van der Waals surface area contributed by atoms with Gasteiger partial charge in [-0.2, -0.15) is 0 Å². The van der Waals surface area contributed by atoms with Gasteiger partial charge in [0, 0.05) is 12.7 Å². The van der Waals surface area contributed by atoms with Crippen molar-refractivity contribution in [1.82, 2.24) is 0 Å². The highest BCUT2D eigenvalue weighted by atomic mass is 16.8. The van der Waals surface area contributed by atoms with Crippen molar-refractivity contribution in [2.24, 2.45) is 0 Å². The molecule has 0 amide bonds. The van der Waals surface area contributed by atoms with Gasteiger partial charge in [0.1, 0.15) is 18.3 Å². The van der Waals surface area contributed by atoms with E-state index in [0.29, 0.717) is 0 Å². The van der Waals surface area contributed by atoms with E-state index in [1.807, 2.05) is 24.3 Å². The Kier molecular flexibility index (Phi) is 3.83. The van der Waals surface area contributed by atoms with E-state index < -0.39 is 30.9 Å². The maximum atomic E-state index is 10.3. The third kappa shape index (κ3) is 2.55. The second-order valence-electron chi connectivity index (χ2n) is 6.08. The average molecular weight is 316 g/mol. The molecule has 0 bridgehead atoms. The molecular formula is C18H20O5. The molecule has 2 aromatic rings. The molecule has 0 aromatic heterocycles. The minimum absolute atomic E-state index is 0.361. The van der Waals surface area contributed by atoms with Gasteiger partial charge in [0.05, 0.1) is 6.10 Å². The molecule has 2 aliphatic heterocycles. The Balaban J connectivity index is 1.63. The molecule has 1 N–H and O–H groups in total. The van der Waals surface area contributed by atoms with Crippen LogP contribution >= 0.6 is 0 Å². The summed E-state index contributed by atoms with van der Waals surface area (Å²) in [6, 6.07) is 14.2. The lowest BCUT2D eigenvalue weighted by Gasteiger charge is -2.37. The molecule has 5 nitrogen and oxygen atoms in total. The van der Waals surface area contributed by atoms with E-state index in [1.54, 1.807) is 14.0 Å². The lowest BCUT2D eigenvalue weighted by atomic mass is 10.0. The predicted molar refractivity (Wildman–Crippen MR) is 83.8 cm³/mol. The number of methoxy groups -OCH3 is 1. The summed E-state index contributed by atoms with van der Waals surface area (Å²) in [5.74, 6) is 0. The van der Waals surface area contributed by atoms with Crippen LogP contribution in [-0.2, 0) is 18.9 Å². The lowest BCUT2D eigenvalue weighted by molar-refractivity contribution is -0.261. The van der Waals surface area contributed by atoms with Crippen LogP contribution in [0.15, 0.2) is 42.5 Å². The molecule has 2 aromatic carbocycles. The van der Waals surface area contributed by atoms with Crippen molar-refractivity contribution in [3.8, 4) is 0 Å². The number of benzene rings is 2. The molecule has 23 heavy (non-hydrogen) atoms. The van der Waals surface area contributed by atoms with Crippen LogP contribution in [0.25, 0.3) is 10.8 Å². The van der Waals surface area contributed by atoms with Gasteiger partial charge in [-0.3, -0.25) is 0 Å². The zero-order chi connectivity index (χ0) is 16.0. The molecule has 0 unspecified atom stereocenters. The van der Waals surface area contributed by atoms with Gasteiger partial charge in [-0.05, 0) is 23.8 Å². The Hall–Kier alpha value is -1.50. The fourth-order valence-corrected chi connectivity index (χ4v) is 3.30. The maximum absolute atomic E-state index is 10.3. The van der Waals surface area contributed by atoms with Crippen LogP contribution in [-0.4, -0.2) is 42.9 Å². The fraction of sp³-hybridized carbons (Fsp3) is 0.444. The smallest absolute Gasteiger partial charge is 0.186 e. The summed E-state index contributed by atoms with van der Waals surface area (Å²) in [5.41, 5.74) is 0.924. The third-order valence-electron chi connectivity index (χ3n) is 4.60. The molecule has 2 fully saturated rings. The highest BCUT2D eigenvalue weighted by Gasteiger charge is 2.51. The molecule has 0 aliphatic carbocycles. The number of hydrogen-bond acceptors (Lipinski definition) is 5. The van der Waals surface area contributed by atoms with Gasteiger partial charge in [0.2, 0.25) is 0 Å². The van der Waals surface area contributed by atoms with Crippen LogP contribution in [0.2, 0.25) is 0 Å². The van der Waals surface area contributed by atoms with Crippen LogP contribution in [0.4, 0.5) is 0 Å². The minimum Gasteiger partial charge on any atom is -0.388 e. The minimum atomic E-state index is -0.739. The summed E-state index contributed by atoms with van der Waals surface area (Å²) in [6.45, 7) is 1.81. The van der Waals surface area contributed by atoms with Gasteiger partial charge in [-0.15, -0.1) is 0 Å². The highest BCUT2D eigenvalue weighted by molar-refractivity contribution is 5.83. The lowest BCUT2D eigenvalue weighted by Crippen LogP contribution is -2.55. The van der Waals surface area contributed by atoms with Crippen LogP contribution in [0.3, 0.4) is 0 Å². The molecule has 2 saturated heterocycles. The van der Waals surface area contributed by atoms with Gasteiger partial charge in [0.15, 0.2) is 12.6 Å². The van der Waals surface area contributed by atoms with Crippen molar-refractivity contribution in [2.45, 2.75) is 43.9 Å². The van der Waals surface area contributed by atoms with Crippen molar-refractivity contribution in [1.29, 1.82) is 0 Å². The third-order valence-corrected chi connectivity index (χ3v) is 4.60. The number of aliphatic hydroxyl groups is 1. The van der Waals surface area contributed by atoms with E-state index >= 15 is 0 Å². The first-order chi connectivity index (χ1) is 11.2. The van der Waals surface area contributed by atoms with Crippen LogP contribution in [0.5, 0.6) is 0 Å². The second kappa shape index (κ2) is 5.85. The largest absolute Gasteiger partial charge is 0.388 e. The van der Waals surface area contributed by atoms with E-state index in [2.05, 4.69) is 18.2 Å². The summed E-state index contributed by atoms with van der Waals surface area (Å²) in [7, 11) is 1.57. The molecule has 6 atom stereocenters. The monoisotopic (exact) mass is 316 g/mol. The number of aliphatic hydroxyl groups excluding tert-OH is 1. The van der Waals surface area contributed by atoms with Crippen molar-refractivity contribution in [2.75, 3.05) is 7.11 Å². The Bertz CT molecular complexity index is 697. The van der Waals surface area contributed by atoms with E-state index in [-0.39, 0.29) is 6.10 Å². The van der Waals surface area contributed by atoms with Gasteiger partial charge in [0.25, 0.3) is 0 Å². The quantitative estimate of drug-likeness (QED) is 0.922. The number of rotatable bonds is 2. The van der Waals surface area contributed by atoms with Crippen LogP contribution in [0, 0.1) is 0 Å². The number of hydrogen-bond donors (Lipinski definition) is 1. The molecule has 0 saturated carbocycles. The van der Waals surface area contributed by atoms with Crippen molar-refractivity contribution in [3.63, 3.8) is 0 Å². The first-order valence-electron chi connectivity index (χ1n) is 7.83. The van der Waals surface area contributed by atoms with Gasteiger partial charge in [-0.25, -0.2) is 0 Å². The molecule has 122 valence electrons. The van der Waals surface area contributed by atoms with E-state index in [1.165, 1.54) is 5.39 Å². The summed E-state index contributed by atoms with van der Waals surface area (Å²) < 4.78 is 23.0. The first-order valence-corrected chi connectivity index (χ1v) is 7.83. The summed E-state index contributed by atoms with van der Waals surface area (Å²) in [6.07, 6.45) is -3.07. The van der Waals surface area contributed by atoms with E-state index in [0.717, 1.165) is 10.9 Å². The van der Waals surface area contributed by atoms with Crippen LogP contribution < -0.4 is 0 Å². The zero-order valence-corrected chi connectivity index (χ0v) is 13.1. The van der Waals surface area contributed by atoms with Gasteiger partial charge in [-0.1, -0.05) is 36.4 Å². The van der Waals surface area contributed by atoms with Crippen molar-refractivity contribution in [3.05, 3.63) is 48.0 Å². The molecule has 0 spiro atoms. The highest BCUT2D eigenvalue weighted by Crippen LogP contribution is 2.39. The first kappa shape index (κ1) is 15.1. The molecule has 4 rings (SSSR count). The molecule has 2 heterocycles. The van der Waals surface area contributed by atoms with Gasteiger partial charge >= 0.3 is 0 Å². The maximum Gasteiger partial charge on any atom is 0.186 e. The Morgan fingerprint density at radius 2 is 1.70 bits per heavy atom. The topological polar surface area (TPSA) is 57.2 Å². The Labute approximate surface area is 134 Å². The Morgan fingerprint density at radius 3 is 2.48 bits per heavy atom. The van der Waals surface area contributed by atoms with E-state index in [4.69, 9.17) is 18.9 Å². The van der Waals surface area contributed by atoms with E-state index in [9.17, 15) is 5.11 Å². The molecule has 2 aliphatic rings. The summed E-state index contributed by atoms with van der Waals surface area (Å²) in [5, 5.41) is 12.6. The number of fused-ring (bicyclic) bond motifs is 2. The average Bonchev–Trinajstić information content (AvgIpc) is 3.03. The van der Waals surface area contributed by atoms with Gasteiger partial charge < -0.3 is 24.1 Å². The SMILES string of the molecule is CO[C@@H]1O[C@@H](C)[C@H](O)[C@H]2O[C@H](c3ccc4ccccc4c3)O[C@@H]12. The van der Waals surface area contributed by atoms with Crippen LogP contribution in [0.1, 0.15) is 18.8 Å². The summed E-state index contributed by atoms with van der Waals surface area (Å²) >= 11 is 0. The number of ether oxygens (including phenoxy) is 4. The molecule has 5 heteroatoms. The predicted octanol–water partition coefficient (Wildman–Crippen LogP) is 2.37. The molecular weight excluding hydrogens is 296 g/mol. The normalized spacial score (nSPS) is 37.0. The van der Waals surface area contributed by atoms with Crippen molar-refractivity contribution < 1.29 is 24.1 Å². The fourth-order valence-electron chi connectivity index (χ4n) is 3.30. The van der Waals surface area contributed by atoms with Crippen molar-refractivity contribution >= 4 is 10.8 Å². The standard InChI is InChI=1S/C18H20O5/c1-10-14(19)15-16(18(20-2)21-10)23-17(22-15)13-8-7-11-5-3-4-6-12(11)9-13/h3-10,14-19H,1-2H3/t10-,14-,15+,16+,17-,18+/m0/s1. The second-order valence-corrected chi connectivity index (χ2v) is 6.08. The zero-order valence-electron chi connectivity index (χ0n) is 13.1.